The third-order valence-corrected chi connectivity index (χ3v) is 14.6. The van der Waals surface area contributed by atoms with Gasteiger partial charge in [0.2, 0.25) is 23.6 Å². The van der Waals surface area contributed by atoms with Crippen molar-refractivity contribution in [2.75, 3.05) is 68.5 Å². The number of benzene rings is 4. The number of hydrogen-bond acceptors (Lipinski definition) is 12. The zero-order valence-electron chi connectivity index (χ0n) is 38.6. The monoisotopic (exact) mass is 937 g/mol. The number of hydrogen-bond donors (Lipinski definition) is 3. The molecular weight excluding hydrogens is 882 g/mol. The van der Waals surface area contributed by atoms with Crippen LogP contribution in [0.3, 0.4) is 0 Å². The highest BCUT2D eigenvalue weighted by atomic mass is 19.1. The van der Waals surface area contributed by atoms with E-state index in [1.54, 1.807) is 49.7 Å². The molecule has 5 aromatic rings. The molecule has 2 bridgehead atoms. The van der Waals surface area contributed by atoms with E-state index in [4.69, 9.17) is 19.2 Å². The standard InChI is InChI=1S/C53H56FN7O8/c1-67-48-27-44-45(55-22-16-47(44)69-42-12-8-37(9-13-42)57-52(66)53(20-21-53)51(65)56-36-6-4-35(54)5-7-36)28-46(48)59-23-17-33(18-24-59)29-61-31-38-26-39(61)30-60(38)25-19-40(62)32-68-41-10-2-34(3-11-41)43-14-15-49(63)58-50(43)64/h2-13,16,22,27-28,33,38-39,43H,14-15,17-21,23-26,29-32H2,1H3,(H,56,65)(H,57,66)(H,58,63,64)/t38-,39-,43?/m0/s1. The van der Waals surface area contributed by atoms with Crippen LogP contribution in [0, 0.1) is 17.2 Å². The molecule has 0 spiro atoms. The SMILES string of the molecule is COc1cc2c(Oc3ccc(NC(=O)C4(C(=O)Nc5ccc(F)cc5)CC4)cc3)ccnc2cc1N1CCC(CN2C[C@@H]3C[C@H]2CN3CCC(=O)COc2ccc(C3CCC(=O)NC3=O)cc2)CC1. The maximum atomic E-state index is 13.3. The summed E-state index contributed by atoms with van der Waals surface area (Å²) in [5.41, 5.74) is 2.42. The number of piperazine rings is 1. The average Bonchev–Trinajstić information content (AvgIpc) is 3.96. The summed E-state index contributed by atoms with van der Waals surface area (Å²) >= 11 is 0. The highest BCUT2D eigenvalue weighted by Crippen LogP contribution is 2.48. The van der Waals surface area contributed by atoms with E-state index in [2.05, 4.69) is 36.7 Å². The summed E-state index contributed by atoms with van der Waals surface area (Å²) in [6.07, 6.45) is 7.14. The normalized spacial score (nSPS) is 21.2. The minimum atomic E-state index is -1.17. The van der Waals surface area contributed by atoms with E-state index in [1.165, 1.54) is 24.3 Å². The van der Waals surface area contributed by atoms with Gasteiger partial charge < -0.3 is 29.7 Å². The molecular formula is C53H56FN7O8. The fourth-order valence-corrected chi connectivity index (χ4v) is 10.4. The van der Waals surface area contributed by atoms with Crippen LogP contribution in [-0.4, -0.2) is 109 Å². The van der Waals surface area contributed by atoms with E-state index in [0.717, 1.165) is 86.4 Å². The second-order valence-electron chi connectivity index (χ2n) is 19.0. The Bertz CT molecular complexity index is 2740. The Kier molecular flexibility index (Phi) is 13.0. The molecule has 3 atom stereocenters. The number of amides is 4. The van der Waals surface area contributed by atoms with E-state index in [1.807, 2.05) is 24.3 Å². The van der Waals surface area contributed by atoms with Crippen LogP contribution in [0.25, 0.3) is 10.9 Å². The lowest BCUT2D eigenvalue weighted by atomic mass is 9.90. The molecule has 358 valence electrons. The number of imide groups is 1. The molecule has 1 saturated carbocycles. The number of nitrogens with zero attached hydrogens (tertiary/aromatic N) is 4. The highest BCUT2D eigenvalue weighted by Gasteiger charge is 2.56. The van der Waals surface area contributed by atoms with Gasteiger partial charge in [-0.25, -0.2) is 4.39 Å². The van der Waals surface area contributed by atoms with Gasteiger partial charge in [0.25, 0.3) is 0 Å². The molecule has 5 fully saturated rings. The maximum Gasteiger partial charge on any atom is 0.240 e. The third-order valence-electron chi connectivity index (χ3n) is 14.6. The summed E-state index contributed by atoms with van der Waals surface area (Å²) in [7, 11) is 1.68. The topological polar surface area (TPSA) is 172 Å². The first-order chi connectivity index (χ1) is 33.5. The molecule has 69 heavy (non-hydrogen) atoms. The summed E-state index contributed by atoms with van der Waals surface area (Å²) in [4.78, 5) is 75.0. The van der Waals surface area contributed by atoms with Gasteiger partial charge in [-0.1, -0.05) is 12.1 Å². The number of ether oxygens (including phenoxy) is 3. The van der Waals surface area contributed by atoms with Gasteiger partial charge in [0.05, 0.1) is 24.2 Å². The fourth-order valence-electron chi connectivity index (χ4n) is 10.4. The van der Waals surface area contributed by atoms with Crippen molar-refractivity contribution in [3.8, 4) is 23.0 Å². The summed E-state index contributed by atoms with van der Waals surface area (Å²) < 4.78 is 31.4. The summed E-state index contributed by atoms with van der Waals surface area (Å²) in [5, 5.41) is 8.80. The first kappa shape index (κ1) is 45.9. The molecule has 4 aliphatic heterocycles. The van der Waals surface area contributed by atoms with Gasteiger partial charge in [0.1, 0.15) is 40.8 Å². The lowest BCUT2D eigenvalue weighted by molar-refractivity contribution is -0.134. The van der Waals surface area contributed by atoms with Crippen molar-refractivity contribution in [3.63, 3.8) is 0 Å². The lowest BCUT2D eigenvalue weighted by Gasteiger charge is -2.39. The van der Waals surface area contributed by atoms with Crippen molar-refractivity contribution >= 4 is 57.4 Å². The van der Waals surface area contributed by atoms with Gasteiger partial charge >= 0.3 is 0 Å². The first-order valence-corrected chi connectivity index (χ1v) is 23.9. The summed E-state index contributed by atoms with van der Waals surface area (Å²) in [6, 6.07) is 26.5. The van der Waals surface area contributed by atoms with E-state index >= 15 is 0 Å². The molecule has 15 nitrogen and oxygen atoms in total. The Balaban J connectivity index is 0.668. The van der Waals surface area contributed by atoms with Crippen LogP contribution >= 0.6 is 0 Å². The Morgan fingerprint density at radius 3 is 2.13 bits per heavy atom. The number of carbonyl (C=O) groups excluding carboxylic acids is 5. The Labute approximate surface area is 399 Å². The quantitative estimate of drug-likeness (QED) is 0.0642. The fraction of sp³-hybridized carbons (Fsp3) is 0.396. The van der Waals surface area contributed by atoms with Crippen molar-refractivity contribution in [2.45, 2.75) is 69.4 Å². The summed E-state index contributed by atoms with van der Waals surface area (Å²) in [5.74, 6) is 1.09. The smallest absolute Gasteiger partial charge is 0.240 e. The number of methoxy groups -OCH3 is 1. The Morgan fingerprint density at radius 2 is 1.48 bits per heavy atom. The highest BCUT2D eigenvalue weighted by molar-refractivity contribution is 6.17. The van der Waals surface area contributed by atoms with Crippen molar-refractivity contribution in [2.24, 2.45) is 11.3 Å². The Morgan fingerprint density at radius 1 is 0.812 bits per heavy atom. The van der Waals surface area contributed by atoms with Gasteiger partial charge in [-0.15, -0.1) is 0 Å². The van der Waals surface area contributed by atoms with E-state index in [-0.39, 0.29) is 30.1 Å². The number of rotatable bonds is 17. The van der Waals surface area contributed by atoms with E-state index < -0.39 is 23.0 Å². The zero-order valence-corrected chi connectivity index (χ0v) is 38.6. The van der Waals surface area contributed by atoms with Gasteiger partial charge in [-0.05, 0) is 129 Å². The number of carbonyl (C=O) groups is 5. The lowest BCUT2D eigenvalue weighted by Crippen LogP contribution is -2.49. The molecule has 4 aromatic carbocycles. The van der Waals surface area contributed by atoms with Gasteiger partial charge in [-0.3, -0.25) is 44.1 Å². The summed E-state index contributed by atoms with van der Waals surface area (Å²) in [6.45, 7) is 5.67. The van der Waals surface area contributed by atoms with Crippen molar-refractivity contribution in [3.05, 3.63) is 109 Å². The zero-order chi connectivity index (χ0) is 47.6. The second-order valence-corrected chi connectivity index (χ2v) is 19.0. The number of anilines is 3. The molecule has 0 radical (unpaired) electrons. The number of nitrogens with one attached hydrogen (secondary N) is 3. The molecule has 4 saturated heterocycles. The molecule has 5 aliphatic rings. The predicted molar refractivity (Wildman–Crippen MR) is 257 cm³/mol. The van der Waals surface area contributed by atoms with E-state index in [9.17, 15) is 28.4 Å². The van der Waals surface area contributed by atoms with Crippen molar-refractivity contribution in [1.29, 1.82) is 0 Å². The van der Waals surface area contributed by atoms with Crippen molar-refractivity contribution in [1.82, 2.24) is 20.1 Å². The van der Waals surface area contributed by atoms with Crippen LogP contribution in [0.15, 0.2) is 97.2 Å². The molecule has 1 unspecified atom stereocenters. The number of halogens is 1. The van der Waals surface area contributed by atoms with Gasteiger partial charge in [0, 0.05) is 87.2 Å². The van der Waals surface area contributed by atoms with Gasteiger partial charge in [-0.2, -0.15) is 0 Å². The molecule has 10 rings (SSSR count). The second kappa shape index (κ2) is 19.6. The minimum absolute atomic E-state index is 0.0114. The van der Waals surface area contributed by atoms with Crippen LogP contribution < -0.4 is 35.1 Å². The van der Waals surface area contributed by atoms with E-state index in [0.29, 0.717) is 78.7 Å². The van der Waals surface area contributed by atoms with Crippen LogP contribution in [0.4, 0.5) is 21.5 Å². The number of aromatic nitrogens is 1. The largest absolute Gasteiger partial charge is 0.495 e. The van der Waals surface area contributed by atoms with Crippen LogP contribution in [0.1, 0.15) is 62.8 Å². The van der Waals surface area contributed by atoms with Gasteiger partial charge in [0.15, 0.2) is 5.78 Å². The number of fused-ring (bicyclic) bond motifs is 3. The molecule has 4 amide bonds. The Hall–Kier alpha value is -6.91. The number of Topliss-reactive ketones (excluding diaryl/α,β-unsaturated/α-hetero) is 1. The molecule has 3 N–H and O–H groups in total. The molecule has 16 heteroatoms. The average molecular weight is 938 g/mol. The van der Waals surface area contributed by atoms with Crippen LogP contribution in [0.2, 0.25) is 0 Å². The number of likely N-dealkylation sites (tertiary alicyclic amines) is 2. The minimum Gasteiger partial charge on any atom is -0.495 e. The predicted octanol–water partition coefficient (Wildman–Crippen LogP) is 7.07. The first-order valence-electron chi connectivity index (χ1n) is 23.9. The number of piperidine rings is 2. The maximum absolute atomic E-state index is 13.3. The molecule has 1 aliphatic carbocycles. The molecule has 5 heterocycles. The van der Waals surface area contributed by atoms with Crippen LogP contribution in [-0.2, 0) is 24.0 Å². The number of ketones is 1. The van der Waals surface area contributed by atoms with Crippen molar-refractivity contribution < 1.29 is 42.6 Å². The number of pyridine rings is 1. The third kappa shape index (κ3) is 10.1. The van der Waals surface area contributed by atoms with Crippen LogP contribution in [0.5, 0.6) is 23.0 Å². The molecule has 1 aromatic heterocycles.